The van der Waals surface area contributed by atoms with Crippen LogP contribution in [0.2, 0.25) is 0 Å². The average molecular weight is 338 g/mol. The third-order valence-corrected chi connectivity index (χ3v) is 4.28. The number of para-hydroxylation sites is 2. The average Bonchev–Trinajstić information content (AvgIpc) is 2.69. The van der Waals surface area contributed by atoms with Gasteiger partial charge in [-0.1, -0.05) is 72.8 Å². The fraction of sp³-hybridized carbons (Fsp3) is 0.0435. The van der Waals surface area contributed by atoms with Gasteiger partial charge in [0.15, 0.2) is 0 Å². The molecule has 1 N–H and O–H groups in total. The number of carbonyl (C=O) groups excluding carboxylic acids is 1. The lowest BCUT2D eigenvalue weighted by Crippen LogP contribution is -2.14. The third-order valence-electron chi connectivity index (χ3n) is 4.28. The molecule has 0 aliphatic rings. The van der Waals surface area contributed by atoms with Gasteiger partial charge in [-0.2, -0.15) is 0 Å². The molecule has 3 aromatic carbocycles. The molecule has 3 nitrogen and oxygen atoms in total. The minimum Gasteiger partial charge on any atom is -0.326 e. The first-order valence-corrected chi connectivity index (χ1v) is 8.58. The van der Waals surface area contributed by atoms with Crippen LogP contribution in [0, 0.1) is 0 Å². The SMILES string of the molecule is O=C(Cc1cccc2ccc(-c3ccccc3)nc12)Nc1ccccc1. The molecule has 126 valence electrons. The highest BCUT2D eigenvalue weighted by Gasteiger charge is 2.10. The molecule has 26 heavy (non-hydrogen) atoms. The van der Waals surface area contributed by atoms with Gasteiger partial charge in [-0.25, -0.2) is 4.98 Å². The van der Waals surface area contributed by atoms with Crippen LogP contribution in [0.25, 0.3) is 22.2 Å². The van der Waals surface area contributed by atoms with Crippen LogP contribution in [0.4, 0.5) is 5.69 Å². The van der Waals surface area contributed by atoms with Crippen LogP contribution in [0.1, 0.15) is 5.56 Å². The highest BCUT2D eigenvalue weighted by molar-refractivity contribution is 5.95. The second-order valence-corrected chi connectivity index (χ2v) is 6.14. The Morgan fingerprint density at radius 3 is 2.27 bits per heavy atom. The summed E-state index contributed by atoms with van der Waals surface area (Å²) in [5.74, 6) is -0.0457. The lowest BCUT2D eigenvalue weighted by Gasteiger charge is -2.09. The van der Waals surface area contributed by atoms with E-state index in [4.69, 9.17) is 4.98 Å². The zero-order chi connectivity index (χ0) is 17.8. The Balaban J connectivity index is 1.65. The Morgan fingerprint density at radius 1 is 0.769 bits per heavy atom. The van der Waals surface area contributed by atoms with Crippen molar-refractivity contribution in [2.45, 2.75) is 6.42 Å². The van der Waals surface area contributed by atoms with E-state index in [9.17, 15) is 4.79 Å². The zero-order valence-electron chi connectivity index (χ0n) is 14.2. The number of anilines is 1. The standard InChI is InChI=1S/C23H18N2O/c26-22(24-20-12-5-2-6-13-20)16-19-11-7-10-18-14-15-21(25-23(18)19)17-8-3-1-4-9-17/h1-15H,16H2,(H,24,26). The van der Waals surface area contributed by atoms with Gasteiger partial charge in [0.2, 0.25) is 5.91 Å². The summed E-state index contributed by atoms with van der Waals surface area (Å²) in [7, 11) is 0. The number of carbonyl (C=O) groups is 1. The number of pyridine rings is 1. The second-order valence-electron chi connectivity index (χ2n) is 6.14. The predicted molar refractivity (Wildman–Crippen MR) is 106 cm³/mol. The summed E-state index contributed by atoms with van der Waals surface area (Å²) in [6.07, 6.45) is 0.289. The van der Waals surface area contributed by atoms with Crippen molar-refractivity contribution in [1.29, 1.82) is 0 Å². The van der Waals surface area contributed by atoms with Crippen LogP contribution in [0.5, 0.6) is 0 Å². The molecule has 1 amide bonds. The van der Waals surface area contributed by atoms with Crippen molar-refractivity contribution < 1.29 is 4.79 Å². The van der Waals surface area contributed by atoms with Gasteiger partial charge in [0.25, 0.3) is 0 Å². The predicted octanol–water partition coefficient (Wildman–Crippen LogP) is 5.08. The topological polar surface area (TPSA) is 42.0 Å². The Hall–Kier alpha value is -3.46. The van der Waals surface area contributed by atoms with Gasteiger partial charge in [0.05, 0.1) is 17.6 Å². The summed E-state index contributed by atoms with van der Waals surface area (Å²) in [4.78, 5) is 17.3. The minimum atomic E-state index is -0.0457. The van der Waals surface area contributed by atoms with Crippen LogP contribution in [0.3, 0.4) is 0 Å². The molecule has 4 rings (SSSR count). The number of aromatic nitrogens is 1. The van der Waals surface area contributed by atoms with Crippen LogP contribution < -0.4 is 5.32 Å². The number of hydrogen-bond acceptors (Lipinski definition) is 2. The van der Waals surface area contributed by atoms with Crippen molar-refractivity contribution in [2.24, 2.45) is 0 Å². The first-order chi connectivity index (χ1) is 12.8. The van der Waals surface area contributed by atoms with Gasteiger partial charge >= 0.3 is 0 Å². The highest BCUT2D eigenvalue weighted by Crippen LogP contribution is 2.23. The molecular weight excluding hydrogens is 320 g/mol. The smallest absolute Gasteiger partial charge is 0.228 e. The molecule has 0 saturated heterocycles. The van der Waals surface area contributed by atoms with E-state index in [0.717, 1.165) is 33.4 Å². The lowest BCUT2D eigenvalue weighted by molar-refractivity contribution is -0.115. The molecule has 3 heteroatoms. The van der Waals surface area contributed by atoms with Crippen molar-refractivity contribution in [3.8, 4) is 11.3 Å². The largest absolute Gasteiger partial charge is 0.326 e. The van der Waals surface area contributed by atoms with E-state index in [1.165, 1.54) is 0 Å². The number of nitrogens with one attached hydrogen (secondary N) is 1. The third kappa shape index (κ3) is 3.47. The molecule has 1 aromatic heterocycles. The fourth-order valence-electron chi connectivity index (χ4n) is 3.02. The van der Waals surface area contributed by atoms with Crippen molar-refractivity contribution in [1.82, 2.24) is 4.98 Å². The number of fused-ring (bicyclic) bond motifs is 1. The summed E-state index contributed by atoms with van der Waals surface area (Å²) >= 11 is 0. The Labute approximate surface area is 152 Å². The number of rotatable bonds is 4. The van der Waals surface area contributed by atoms with Gasteiger partial charge in [-0.3, -0.25) is 4.79 Å². The number of hydrogen-bond donors (Lipinski definition) is 1. The molecule has 0 unspecified atom stereocenters. The molecule has 0 fully saturated rings. The van der Waals surface area contributed by atoms with Crippen LogP contribution >= 0.6 is 0 Å². The molecule has 0 spiro atoms. The Bertz CT molecular complexity index is 1040. The molecule has 0 atom stereocenters. The van der Waals surface area contributed by atoms with Gasteiger partial charge < -0.3 is 5.32 Å². The summed E-state index contributed by atoms with van der Waals surface area (Å²) in [5, 5.41) is 3.97. The number of nitrogens with zero attached hydrogens (tertiary/aromatic N) is 1. The summed E-state index contributed by atoms with van der Waals surface area (Å²) in [6, 6.07) is 29.6. The Kier molecular flexibility index (Phi) is 4.44. The van der Waals surface area contributed by atoms with Crippen LogP contribution in [-0.2, 0) is 11.2 Å². The van der Waals surface area contributed by atoms with Crippen molar-refractivity contribution in [2.75, 3.05) is 5.32 Å². The van der Waals surface area contributed by atoms with Gasteiger partial charge in [0.1, 0.15) is 0 Å². The van der Waals surface area contributed by atoms with Gasteiger partial charge in [-0.15, -0.1) is 0 Å². The maximum atomic E-state index is 12.4. The molecule has 0 radical (unpaired) electrons. The zero-order valence-corrected chi connectivity index (χ0v) is 14.2. The first kappa shape index (κ1) is 16.0. The van der Waals surface area contributed by atoms with E-state index >= 15 is 0 Å². The highest BCUT2D eigenvalue weighted by atomic mass is 16.1. The molecule has 0 bridgehead atoms. The minimum absolute atomic E-state index is 0.0457. The monoisotopic (exact) mass is 338 g/mol. The molecule has 1 heterocycles. The number of amides is 1. The fourth-order valence-corrected chi connectivity index (χ4v) is 3.02. The Morgan fingerprint density at radius 2 is 1.50 bits per heavy atom. The molecule has 4 aromatic rings. The van der Waals surface area contributed by atoms with Crippen molar-refractivity contribution in [3.05, 3.63) is 96.6 Å². The summed E-state index contributed by atoms with van der Waals surface area (Å²) in [6.45, 7) is 0. The van der Waals surface area contributed by atoms with E-state index in [1.807, 2.05) is 84.9 Å². The normalized spacial score (nSPS) is 10.6. The molecule has 0 aliphatic carbocycles. The molecular formula is C23H18N2O. The van der Waals surface area contributed by atoms with Crippen LogP contribution in [-0.4, -0.2) is 10.9 Å². The maximum Gasteiger partial charge on any atom is 0.228 e. The lowest BCUT2D eigenvalue weighted by atomic mass is 10.0. The van der Waals surface area contributed by atoms with E-state index in [1.54, 1.807) is 0 Å². The van der Waals surface area contributed by atoms with Gasteiger partial charge in [-0.05, 0) is 23.8 Å². The summed E-state index contributed by atoms with van der Waals surface area (Å²) in [5.41, 5.74) is 4.58. The van der Waals surface area contributed by atoms with Gasteiger partial charge in [0, 0.05) is 16.6 Å². The quantitative estimate of drug-likeness (QED) is 0.563. The van der Waals surface area contributed by atoms with Crippen LogP contribution in [0.15, 0.2) is 91.0 Å². The number of benzene rings is 3. The van der Waals surface area contributed by atoms with E-state index in [0.29, 0.717) is 0 Å². The maximum absolute atomic E-state index is 12.4. The first-order valence-electron chi connectivity index (χ1n) is 8.58. The van der Waals surface area contributed by atoms with Crippen molar-refractivity contribution in [3.63, 3.8) is 0 Å². The van der Waals surface area contributed by atoms with E-state index < -0.39 is 0 Å². The van der Waals surface area contributed by atoms with E-state index in [2.05, 4.69) is 11.4 Å². The molecule has 0 aliphatic heterocycles. The summed E-state index contributed by atoms with van der Waals surface area (Å²) < 4.78 is 0. The second kappa shape index (κ2) is 7.19. The van der Waals surface area contributed by atoms with E-state index in [-0.39, 0.29) is 12.3 Å². The van der Waals surface area contributed by atoms with Crippen molar-refractivity contribution >= 4 is 22.5 Å². The molecule has 0 saturated carbocycles.